The average molecular weight is 1130 g/mol. The maximum atomic E-state index is 12.8. The van der Waals surface area contributed by atoms with Gasteiger partial charge < -0.3 is 19.4 Å². The van der Waals surface area contributed by atoms with Crippen LogP contribution in [0.3, 0.4) is 0 Å². The molecule has 0 aliphatic carbocycles. The zero-order valence-electron chi connectivity index (χ0n) is 54.9. The molecule has 0 atom stereocenters. The number of unbranched alkanes of at least 4 members (excludes halogenated alkanes) is 30. The molecule has 0 saturated carbocycles. The molecule has 1 aliphatic heterocycles. The molecule has 0 bridgehead atoms. The van der Waals surface area contributed by atoms with E-state index in [-0.39, 0.29) is 16.5 Å². The fourth-order valence-corrected chi connectivity index (χ4v) is 11.8. The maximum absolute atomic E-state index is 12.8. The fourth-order valence-electron chi connectivity index (χ4n) is 11.8. The van der Waals surface area contributed by atoms with E-state index >= 15 is 0 Å². The van der Waals surface area contributed by atoms with E-state index in [4.69, 9.17) is 0 Å². The van der Waals surface area contributed by atoms with E-state index in [0.717, 1.165) is 75.6 Å². The molecule has 1 aliphatic rings. The molecule has 0 spiro atoms. The summed E-state index contributed by atoms with van der Waals surface area (Å²) in [6.45, 7) is 30.8. The van der Waals surface area contributed by atoms with E-state index < -0.39 is 0 Å². The molecular formula is C76H134N2Ni. The summed E-state index contributed by atoms with van der Waals surface area (Å²) in [6.07, 6.45) is 61.6. The van der Waals surface area contributed by atoms with E-state index in [1.165, 1.54) is 289 Å². The van der Waals surface area contributed by atoms with Gasteiger partial charge in [0.15, 0.2) is 0 Å². The number of hydrogen-bond donors (Lipinski definition) is 0. The Hall–Kier alpha value is -1.99. The molecule has 2 nitrogen and oxygen atoms in total. The van der Waals surface area contributed by atoms with E-state index in [1.807, 2.05) is 0 Å². The van der Waals surface area contributed by atoms with Gasteiger partial charge in [0.05, 0.1) is 0 Å². The van der Waals surface area contributed by atoms with Crippen LogP contribution < -0.4 is 0 Å². The molecule has 3 rings (SSSR count). The smallest absolute Gasteiger partial charge is 0.493 e. The van der Waals surface area contributed by atoms with Crippen LogP contribution in [-0.2, 0) is 55.0 Å². The predicted octanol–water partition coefficient (Wildman–Crippen LogP) is 26.3. The van der Waals surface area contributed by atoms with Crippen LogP contribution >= 0.6 is 0 Å². The average Bonchev–Trinajstić information content (AvgIpc) is 3.93. The van der Waals surface area contributed by atoms with Crippen molar-refractivity contribution in [1.29, 1.82) is 0 Å². The summed E-state index contributed by atoms with van der Waals surface area (Å²) in [7, 11) is 0. The Labute approximate surface area is 506 Å². The Kier molecular flexibility index (Phi) is 52.6. The van der Waals surface area contributed by atoms with Gasteiger partial charge in [0.25, 0.3) is 0 Å². The Morgan fingerprint density at radius 2 is 0.494 bits per heavy atom. The molecule has 1 heterocycles. The second-order valence-corrected chi connectivity index (χ2v) is 24.1. The zero-order valence-corrected chi connectivity index (χ0v) is 55.9. The van der Waals surface area contributed by atoms with Crippen molar-refractivity contribution in [3.05, 3.63) is 99.3 Å². The minimum atomic E-state index is 0. The number of allylic oxidation sites excluding steroid dienone is 2. The minimum Gasteiger partial charge on any atom is -0.493 e. The van der Waals surface area contributed by atoms with Gasteiger partial charge >= 0.3 is 16.5 Å². The molecule has 458 valence electrons. The standard InChI is InChI=1S/C50H80N2.2C13H27.Ni/c1-9-17-25-26-34-48-47(33-24-16-8)49(43-35-39(27-18-10-2)45(31-22-14-6)40(36-43)28-19-11-3)52(51)50(48)44-37-41(29-20-12-4)46(32-23-15-7)42(38-44)30-21-13-5;2*1-3-5-7-9-11-13-12-10-8-6-4-2;/h35-38H,9-34H2,1-8H3;2*1,3-13H2,2H3;/q;2*-1;+2. The van der Waals surface area contributed by atoms with Gasteiger partial charge in [-0.25, -0.2) is 4.70 Å². The van der Waals surface area contributed by atoms with Gasteiger partial charge in [-0.05, 0) is 160 Å². The minimum absolute atomic E-state index is 0. The fraction of sp³-hybridized carbons (Fsp3) is 0.763. The van der Waals surface area contributed by atoms with Crippen molar-refractivity contribution in [2.24, 2.45) is 0 Å². The molecule has 0 amide bonds. The van der Waals surface area contributed by atoms with Crippen LogP contribution in [0.15, 0.2) is 35.4 Å². The monoisotopic (exact) mass is 1130 g/mol. The second-order valence-electron chi connectivity index (χ2n) is 24.1. The number of nitrogens with zero attached hydrogens (tertiary/aromatic N) is 2. The summed E-state index contributed by atoms with van der Waals surface area (Å²) in [5.74, 6) is 0. The number of hydrogen-bond acceptors (Lipinski definition) is 0. The van der Waals surface area contributed by atoms with Gasteiger partial charge in [0.1, 0.15) is 0 Å². The quantitative estimate of drug-likeness (QED) is 0.0273. The molecule has 0 saturated heterocycles. The Bertz CT molecular complexity index is 1710. The molecule has 0 aromatic heterocycles. The van der Waals surface area contributed by atoms with Crippen LogP contribution in [0.1, 0.15) is 383 Å². The summed E-state index contributed by atoms with van der Waals surface area (Å²) >= 11 is 0. The van der Waals surface area contributed by atoms with Gasteiger partial charge in [-0.1, -0.05) is 262 Å². The van der Waals surface area contributed by atoms with Gasteiger partial charge in [0, 0.05) is 22.3 Å². The van der Waals surface area contributed by atoms with Crippen molar-refractivity contribution in [3.8, 4) is 0 Å². The molecule has 2 aromatic carbocycles. The molecular weight excluding hydrogens is 1000 g/mol. The van der Waals surface area contributed by atoms with E-state index in [1.54, 1.807) is 15.8 Å². The molecule has 0 radical (unpaired) electrons. The second kappa shape index (κ2) is 54.0. The van der Waals surface area contributed by atoms with Crippen molar-refractivity contribution in [2.75, 3.05) is 0 Å². The first-order valence-electron chi connectivity index (χ1n) is 35.1. The topological polar surface area (TPSA) is 25.3 Å². The van der Waals surface area contributed by atoms with Crippen molar-refractivity contribution in [1.82, 2.24) is 0 Å². The summed E-state index contributed by atoms with van der Waals surface area (Å²) in [5, 5.41) is 0. The molecule has 0 N–H and O–H groups in total. The Morgan fingerprint density at radius 1 is 0.278 bits per heavy atom. The molecule has 2 aromatic rings. The van der Waals surface area contributed by atoms with Crippen molar-refractivity contribution in [3.63, 3.8) is 0 Å². The number of aryl methyl sites for hydroxylation is 4. The first-order chi connectivity index (χ1) is 38.3. The van der Waals surface area contributed by atoms with Gasteiger partial charge in [-0.15, -0.1) is 0 Å². The summed E-state index contributed by atoms with van der Waals surface area (Å²) < 4.78 is 1.71. The third-order valence-corrected chi connectivity index (χ3v) is 16.8. The van der Waals surface area contributed by atoms with Crippen LogP contribution in [0, 0.1) is 13.8 Å². The van der Waals surface area contributed by atoms with Crippen molar-refractivity contribution in [2.45, 2.75) is 377 Å². The van der Waals surface area contributed by atoms with Gasteiger partial charge in [-0.2, -0.15) is 12.8 Å². The maximum Gasteiger partial charge on any atom is 2.00 e. The molecule has 0 fully saturated rings. The zero-order chi connectivity index (χ0) is 57.3. The largest absolute Gasteiger partial charge is 2.00 e. The van der Waals surface area contributed by atoms with E-state index in [2.05, 4.69) is 107 Å². The van der Waals surface area contributed by atoms with Crippen molar-refractivity contribution >= 4 is 11.4 Å². The van der Waals surface area contributed by atoms with Crippen LogP contribution in [0.2, 0.25) is 0 Å². The Balaban J connectivity index is 0.00000184. The molecule has 0 unspecified atom stereocenters. The molecule has 3 heteroatoms. The van der Waals surface area contributed by atoms with Gasteiger partial charge in [0.2, 0.25) is 11.4 Å². The van der Waals surface area contributed by atoms with Crippen molar-refractivity contribution < 1.29 is 21.2 Å². The summed E-state index contributed by atoms with van der Waals surface area (Å²) in [6, 6.07) is 10.1. The van der Waals surface area contributed by atoms with Crippen LogP contribution in [0.5, 0.6) is 0 Å². The number of benzene rings is 2. The predicted molar refractivity (Wildman–Crippen MR) is 354 cm³/mol. The first-order valence-corrected chi connectivity index (χ1v) is 35.1. The molecule has 79 heavy (non-hydrogen) atoms. The van der Waals surface area contributed by atoms with E-state index in [9.17, 15) is 5.53 Å². The van der Waals surface area contributed by atoms with E-state index in [0.29, 0.717) is 0 Å². The number of rotatable bonds is 48. The van der Waals surface area contributed by atoms with Crippen LogP contribution in [-0.4, -0.2) is 4.70 Å². The van der Waals surface area contributed by atoms with Crippen LogP contribution in [0.25, 0.3) is 16.9 Å². The van der Waals surface area contributed by atoms with Gasteiger partial charge in [-0.3, -0.25) is 0 Å². The third kappa shape index (κ3) is 33.2. The van der Waals surface area contributed by atoms with Crippen LogP contribution in [0.4, 0.5) is 0 Å². The Morgan fingerprint density at radius 3 is 0.759 bits per heavy atom. The summed E-state index contributed by atoms with van der Waals surface area (Å²) in [4.78, 5) is 0. The SMILES string of the molecule is CCCCCCC1=C(c2cc(CCCC)c(CCCC)c(CCCC)c2)[N+](=[N-])C(c2cc(CCCC)c(CCCC)c(CCCC)c2)=C1CCCC.[CH2-]CCCCCCCCCCCC.[CH2-]CCCCCCCCCCCC.[Ni+2]. The summed E-state index contributed by atoms with van der Waals surface area (Å²) in [5.41, 5.74) is 29.7. The first kappa shape index (κ1) is 77.0. The third-order valence-electron chi connectivity index (χ3n) is 16.8. The normalized spacial score (nSPS) is 12.3.